The molecule has 3 N–H and O–H groups in total. The van der Waals surface area contributed by atoms with E-state index in [9.17, 15) is 4.79 Å². The molecule has 0 atom stereocenters. The molecule has 0 saturated heterocycles. The molecule has 2 rings (SSSR count). The van der Waals surface area contributed by atoms with Crippen LogP contribution in [0.3, 0.4) is 0 Å². The van der Waals surface area contributed by atoms with Gasteiger partial charge in [-0.3, -0.25) is 4.79 Å². The van der Waals surface area contributed by atoms with Gasteiger partial charge in [-0.2, -0.15) is 0 Å². The van der Waals surface area contributed by atoms with Crippen molar-refractivity contribution in [1.29, 1.82) is 0 Å². The molecule has 0 aromatic heterocycles. The zero-order valence-electron chi connectivity index (χ0n) is 11.9. The van der Waals surface area contributed by atoms with Gasteiger partial charge in [-0.05, 0) is 61.4 Å². The van der Waals surface area contributed by atoms with Crippen molar-refractivity contribution in [2.75, 3.05) is 18.2 Å². The molecule has 0 spiro atoms. The van der Waals surface area contributed by atoms with Crippen LogP contribution in [0.25, 0.3) is 0 Å². The average Bonchev–Trinajstić information content (AvgIpc) is 2.42. The highest BCUT2D eigenvalue weighted by atomic mass is 16.5. The Bertz CT molecular complexity index is 651. The van der Waals surface area contributed by atoms with E-state index in [1.807, 2.05) is 32.0 Å². The number of anilines is 2. The number of aryl methyl sites for hydroxylation is 2. The molecule has 2 aromatic carbocycles. The largest absolute Gasteiger partial charge is 0.496 e. The van der Waals surface area contributed by atoms with Gasteiger partial charge < -0.3 is 15.8 Å². The van der Waals surface area contributed by atoms with E-state index in [2.05, 4.69) is 5.32 Å². The summed E-state index contributed by atoms with van der Waals surface area (Å²) in [6.07, 6.45) is 0. The number of carbonyl (C=O) groups excluding carboxylic acids is 1. The predicted octanol–water partition coefficient (Wildman–Crippen LogP) is 3.15. The molecular formula is C16H18N2O2. The number of nitrogens with two attached hydrogens (primary N) is 1. The maximum Gasteiger partial charge on any atom is 0.255 e. The molecule has 20 heavy (non-hydrogen) atoms. The molecule has 4 heteroatoms. The second kappa shape index (κ2) is 5.65. The number of nitrogens with one attached hydrogen (secondary N) is 1. The summed E-state index contributed by atoms with van der Waals surface area (Å²) in [7, 11) is 1.62. The average molecular weight is 270 g/mol. The van der Waals surface area contributed by atoms with Gasteiger partial charge in [-0.1, -0.05) is 0 Å². The summed E-state index contributed by atoms with van der Waals surface area (Å²) in [5.41, 5.74) is 9.62. The van der Waals surface area contributed by atoms with Crippen LogP contribution in [0.5, 0.6) is 5.75 Å². The van der Waals surface area contributed by atoms with Gasteiger partial charge in [-0.15, -0.1) is 0 Å². The molecule has 0 fully saturated rings. The van der Waals surface area contributed by atoms with Crippen molar-refractivity contribution >= 4 is 17.3 Å². The zero-order chi connectivity index (χ0) is 14.7. The van der Waals surface area contributed by atoms with Gasteiger partial charge in [0, 0.05) is 16.9 Å². The SMILES string of the molecule is COc1ccc(NC(=O)c2ccc(N)c(C)c2)cc1C. The maximum absolute atomic E-state index is 12.2. The molecule has 0 heterocycles. The van der Waals surface area contributed by atoms with Gasteiger partial charge in [0.1, 0.15) is 5.75 Å². The predicted molar refractivity (Wildman–Crippen MR) is 81.3 cm³/mol. The summed E-state index contributed by atoms with van der Waals surface area (Å²) in [5.74, 6) is 0.643. The first-order valence-corrected chi connectivity index (χ1v) is 6.33. The quantitative estimate of drug-likeness (QED) is 0.842. The summed E-state index contributed by atoms with van der Waals surface area (Å²) < 4.78 is 5.19. The van der Waals surface area contributed by atoms with E-state index in [0.717, 1.165) is 22.6 Å². The van der Waals surface area contributed by atoms with Crippen molar-refractivity contribution in [3.05, 3.63) is 53.1 Å². The van der Waals surface area contributed by atoms with Crippen LogP contribution in [0.1, 0.15) is 21.5 Å². The van der Waals surface area contributed by atoms with E-state index in [4.69, 9.17) is 10.5 Å². The number of ether oxygens (including phenoxy) is 1. The van der Waals surface area contributed by atoms with Crippen LogP contribution >= 0.6 is 0 Å². The minimum atomic E-state index is -0.155. The smallest absolute Gasteiger partial charge is 0.255 e. The number of hydrogen-bond donors (Lipinski definition) is 2. The van der Waals surface area contributed by atoms with Crippen molar-refractivity contribution in [3.8, 4) is 5.75 Å². The molecular weight excluding hydrogens is 252 g/mol. The Morgan fingerprint density at radius 2 is 1.85 bits per heavy atom. The van der Waals surface area contributed by atoms with Gasteiger partial charge in [0.25, 0.3) is 5.91 Å². The summed E-state index contributed by atoms with van der Waals surface area (Å²) in [5, 5.41) is 2.86. The fourth-order valence-corrected chi connectivity index (χ4v) is 1.98. The van der Waals surface area contributed by atoms with Crippen molar-refractivity contribution in [2.24, 2.45) is 0 Å². The number of methoxy groups -OCH3 is 1. The molecule has 1 amide bonds. The molecule has 0 bridgehead atoms. The first-order valence-electron chi connectivity index (χ1n) is 6.33. The first kappa shape index (κ1) is 13.9. The van der Waals surface area contributed by atoms with Crippen molar-refractivity contribution in [3.63, 3.8) is 0 Å². The van der Waals surface area contributed by atoms with Crippen LogP contribution in [0, 0.1) is 13.8 Å². The Kier molecular flexibility index (Phi) is 3.94. The van der Waals surface area contributed by atoms with E-state index in [1.165, 1.54) is 0 Å². The number of nitrogen functional groups attached to an aromatic ring is 1. The third-order valence-electron chi connectivity index (χ3n) is 3.18. The Morgan fingerprint density at radius 1 is 1.10 bits per heavy atom. The van der Waals surface area contributed by atoms with E-state index in [1.54, 1.807) is 25.3 Å². The van der Waals surface area contributed by atoms with Crippen LogP contribution in [-0.2, 0) is 0 Å². The Morgan fingerprint density at radius 3 is 2.45 bits per heavy atom. The maximum atomic E-state index is 12.2. The van der Waals surface area contributed by atoms with Gasteiger partial charge in [0.15, 0.2) is 0 Å². The van der Waals surface area contributed by atoms with Crippen LogP contribution in [-0.4, -0.2) is 13.0 Å². The normalized spacial score (nSPS) is 10.2. The highest BCUT2D eigenvalue weighted by Gasteiger charge is 2.08. The lowest BCUT2D eigenvalue weighted by Gasteiger charge is -2.10. The second-order valence-electron chi connectivity index (χ2n) is 4.71. The Balaban J connectivity index is 2.19. The highest BCUT2D eigenvalue weighted by Crippen LogP contribution is 2.22. The number of hydrogen-bond acceptors (Lipinski definition) is 3. The Labute approximate surface area is 118 Å². The third-order valence-corrected chi connectivity index (χ3v) is 3.18. The summed E-state index contributed by atoms with van der Waals surface area (Å²) >= 11 is 0. The highest BCUT2D eigenvalue weighted by molar-refractivity contribution is 6.04. The number of amides is 1. The minimum Gasteiger partial charge on any atom is -0.496 e. The Hall–Kier alpha value is -2.49. The molecule has 0 saturated carbocycles. The van der Waals surface area contributed by atoms with Gasteiger partial charge in [-0.25, -0.2) is 0 Å². The molecule has 0 aliphatic heterocycles. The van der Waals surface area contributed by atoms with E-state index < -0.39 is 0 Å². The first-order chi connectivity index (χ1) is 9.51. The van der Waals surface area contributed by atoms with Crippen molar-refractivity contribution < 1.29 is 9.53 Å². The van der Waals surface area contributed by atoms with E-state index in [0.29, 0.717) is 11.3 Å². The second-order valence-corrected chi connectivity index (χ2v) is 4.71. The lowest BCUT2D eigenvalue weighted by atomic mass is 10.1. The van der Waals surface area contributed by atoms with Crippen LogP contribution < -0.4 is 15.8 Å². The standard InChI is InChI=1S/C16H18N2O2/c1-10-8-12(4-6-14(10)17)16(19)18-13-5-7-15(20-3)11(2)9-13/h4-9H,17H2,1-3H3,(H,18,19). The molecule has 2 aromatic rings. The van der Waals surface area contributed by atoms with E-state index in [-0.39, 0.29) is 5.91 Å². The minimum absolute atomic E-state index is 0.155. The van der Waals surface area contributed by atoms with Crippen LogP contribution in [0.4, 0.5) is 11.4 Å². The summed E-state index contributed by atoms with van der Waals surface area (Å²) in [6.45, 7) is 3.81. The van der Waals surface area contributed by atoms with Gasteiger partial charge in [0.2, 0.25) is 0 Å². The summed E-state index contributed by atoms with van der Waals surface area (Å²) in [6, 6.07) is 10.8. The van der Waals surface area contributed by atoms with Crippen LogP contribution in [0.2, 0.25) is 0 Å². The van der Waals surface area contributed by atoms with Gasteiger partial charge in [0.05, 0.1) is 7.11 Å². The number of benzene rings is 2. The topological polar surface area (TPSA) is 64.3 Å². The molecule has 0 aliphatic carbocycles. The fourth-order valence-electron chi connectivity index (χ4n) is 1.98. The molecule has 0 unspecified atom stereocenters. The van der Waals surface area contributed by atoms with E-state index >= 15 is 0 Å². The lowest BCUT2D eigenvalue weighted by Crippen LogP contribution is -2.12. The summed E-state index contributed by atoms with van der Waals surface area (Å²) in [4.78, 5) is 12.2. The molecule has 4 nitrogen and oxygen atoms in total. The number of rotatable bonds is 3. The number of carbonyl (C=O) groups is 1. The molecule has 0 aliphatic rings. The van der Waals surface area contributed by atoms with Crippen molar-refractivity contribution in [1.82, 2.24) is 0 Å². The molecule has 0 radical (unpaired) electrons. The van der Waals surface area contributed by atoms with Crippen molar-refractivity contribution in [2.45, 2.75) is 13.8 Å². The molecule has 104 valence electrons. The zero-order valence-corrected chi connectivity index (χ0v) is 11.9. The third kappa shape index (κ3) is 2.91. The van der Waals surface area contributed by atoms with Crippen LogP contribution in [0.15, 0.2) is 36.4 Å². The monoisotopic (exact) mass is 270 g/mol. The fraction of sp³-hybridized carbons (Fsp3) is 0.188. The lowest BCUT2D eigenvalue weighted by molar-refractivity contribution is 0.102. The van der Waals surface area contributed by atoms with Gasteiger partial charge >= 0.3 is 0 Å².